The van der Waals surface area contributed by atoms with Crippen LogP contribution in [0.2, 0.25) is 0 Å². The van der Waals surface area contributed by atoms with Gasteiger partial charge in [-0.25, -0.2) is 0 Å². The summed E-state index contributed by atoms with van der Waals surface area (Å²) in [7, 11) is 0. The molecule has 0 amide bonds. The molecule has 0 radical (unpaired) electrons. The summed E-state index contributed by atoms with van der Waals surface area (Å²) in [5.41, 5.74) is 1.08. The summed E-state index contributed by atoms with van der Waals surface area (Å²) in [4.78, 5) is 11.8. The zero-order valence-electron chi connectivity index (χ0n) is 8.42. The average Bonchev–Trinajstić information content (AvgIpc) is 2.57. The Morgan fingerprint density at radius 2 is 1.93 bits per heavy atom. The van der Waals surface area contributed by atoms with Gasteiger partial charge in [0, 0.05) is 24.3 Å². The number of fused-ring (bicyclic) bond motifs is 2. The molecule has 0 aromatic carbocycles. The maximum Gasteiger partial charge on any atom is 0.162 e. The number of rotatable bonds is 0. The van der Waals surface area contributed by atoms with Crippen molar-refractivity contribution in [2.75, 3.05) is 0 Å². The quantitative estimate of drug-likeness (QED) is 0.589. The molecule has 1 fully saturated rings. The minimum atomic E-state index is 0.357. The minimum Gasteiger partial charge on any atom is -0.494 e. The van der Waals surface area contributed by atoms with Gasteiger partial charge < -0.3 is 4.74 Å². The lowest BCUT2D eigenvalue weighted by Crippen LogP contribution is -2.25. The number of ether oxygens (including phenoxy) is 1. The Morgan fingerprint density at radius 3 is 2.86 bits per heavy atom. The van der Waals surface area contributed by atoms with Gasteiger partial charge >= 0.3 is 0 Å². The maximum atomic E-state index is 11.8. The molecule has 0 saturated heterocycles. The molecule has 2 unspecified atom stereocenters. The molecular weight excluding hydrogens is 176 g/mol. The van der Waals surface area contributed by atoms with E-state index in [4.69, 9.17) is 4.74 Å². The Bertz CT molecular complexity index is 303. The van der Waals surface area contributed by atoms with Crippen LogP contribution in [0.15, 0.2) is 11.3 Å². The van der Waals surface area contributed by atoms with Crippen LogP contribution in [-0.2, 0) is 9.53 Å². The van der Waals surface area contributed by atoms with E-state index in [1.54, 1.807) is 0 Å². The zero-order chi connectivity index (χ0) is 9.54. The molecule has 0 spiro atoms. The number of hydrogen-bond donors (Lipinski definition) is 0. The van der Waals surface area contributed by atoms with Crippen molar-refractivity contribution < 1.29 is 9.53 Å². The highest BCUT2D eigenvalue weighted by Crippen LogP contribution is 2.44. The molecule has 1 heterocycles. The third kappa shape index (κ3) is 1.13. The molecule has 0 N–H and O–H groups in total. The van der Waals surface area contributed by atoms with Gasteiger partial charge in [-0.2, -0.15) is 0 Å². The van der Waals surface area contributed by atoms with Gasteiger partial charge in [-0.1, -0.05) is 6.42 Å². The smallest absolute Gasteiger partial charge is 0.162 e. The van der Waals surface area contributed by atoms with Gasteiger partial charge in [-0.3, -0.25) is 4.79 Å². The first kappa shape index (κ1) is 8.51. The summed E-state index contributed by atoms with van der Waals surface area (Å²) in [5.74, 6) is 1.89. The molecular formula is C12H16O2. The summed E-state index contributed by atoms with van der Waals surface area (Å²) in [6, 6.07) is 0. The minimum absolute atomic E-state index is 0.357. The largest absolute Gasteiger partial charge is 0.494 e. The van der Waals surface area contributed by atoms with Crippen LogP contribution in [0.3, 0.4) is 0 Å². The second-order valence-corrected chi connectivity index (χ2v) is 4.66. The predicted molar refractivity (Wildman–Crippen MR) is 52.7 cm³/mol. The third-order valence-electron chi connectivity index (χ3n) is 3.78. The summed E-state index contributed by atoms with van der Waals surface area (Å²) in [6.07, 6.45) is 8.00. The molecule has 1 aliphatic heterocycles. The molecule has 1 saturated carbocycles. The Labute approximate surface area is 84.3 Å². The van der Waals surface area contributed by atoms with Crippen molar-refractivity contribution in [2.24, 2.45) is 5.92 Å². The Balaban J connectivity index is 1.93. The fourth-order valence-corrected chi connectivity index (χ4v) is 3.12. The van der Waals surface area contributed by atoms with E-state index in [1.807, 2.05) is 0 Å². The molecule has 2 aliphatic carbocycles. The number of carbonyl (C=O) groups excluding carboxylic acids is 1. The van der Waals surface area contributed by atoms with Crippen LogP contribution >= 0.6 is 0 Å². The first-order valence-electron chi connectivity index (χ1n) is 5.79. The van der Waals surface area contributed by atoms with Crippen LogP contribution in [-0.4, -0.2) is 11.9 Å². The fourth-order valence-electron chi connectivity index (χ4n) is 3.12. The van der Waals surface area contributed by atoms with Crippen LogP contribution in [0.4, 0.5) is 0 Å². The molecule has 0 bridgehead atoms. The second kappa shape index (κ2) is 3.11. The lowest BCUT2D eigenvalue weighted by Gasteiger charge is -2.25. The highest BCUT2D eigenvalue weighted by Gasteiger charge is 2.41. The van der Waals surface area contributed by atoms with Crippen molar-refractivity contribution >= 4 is 5.78 Å². The lowest BCUT2D eigenvalue weighted by atomic mass is 9.79. The third-order valence-corrected chi connectivity index (χ3v) is 3.78. The van der Waals surface area contributed by atoms with Crippen LogP contribution < -0.4 is 0 Å². The van der Waals surface area contributed by atoms with Gasteiger partial charge in [0.05, 0.1) is 0 Å². The fraction of sp³-hybridized carbons (Fsp3) is 0.750. The van der Waals surface area contributed by atoms with Crippen molar-refractivity contribution in [2.45, 2.75) is 51.0 Å². The van der Waals surface area contributed by atoms with E-state index in [1.165, 1.54) is 19.3 Å². The second-order valence-electron chi connectivity index (χ2n) is 4.66. The van der Waals surface area contributed by atoms with E-state index >= 15 is 0 Å². The first-order chi connectivity index (χ1) is 6.86. The number of hydrogen-bond acceptors (Lipinski definition) is 2. The van der Waals surface area contributed by atoms with Crippen LogP contribution in [0.1, 0.15) is 44.9 Å². The summed E-state index contributed by atoms with van der Waals surface area (Å²) in [6.45, 7) is 0. The molecule has 14 heavy (non-hydrogen) atoms. The molecule has 0 aromatic heterocycles. The number of ketones is 1. The van der Waals surface area contributed by atoms with Gasteiger partial charge in [0.2, 0.25) is 0 Å². The first-order valence-corrected chi connectivity index (χ1v) is 5.79. The van der Waals surface area contributed by atoms with E-state index in [9.17, 15) is 4.79 Å². The van der Waals surface area contributed by atoms with Gasteiger partial charge in [0.1, 0.15) is 11.9 Å². The monoisotopic (exact) mass is 192 g/mol. The maximum absolute atomic E-state index is 11.8. The molecule has 76 valence electrons. The highest BCUT2D eigenvalue weighted by atomic mass is 16.5. The van der Waals surface area contributed by atoms with E-state index < -0.39 is 0 Å². The van der Waals surface area contributed by atoms with Gasteiger partial charge in [0.25, 0.3) is 0 Å². The Morgan fingerprint density at radius 1 is 1.07 bits per heavy atom. The van der Waals surface area contributed by atoms with E-state index in [-0.39, 0.29) is 0 Å². The summed E-state index contributed by atoms with van der Waals surface area (Å²) < 4.78 is 5.90. The van der Waals surface area contributed by atoms with Gasteiger partial charge in [-0.15, -0.1) is 0 Å². The number of carbonyl (C=O) groups is 1. The molecule has 3 rings (SSSR count). The molecule has 0 aromatic rings. The van der Waals surface area contributed by atoms with Gasteiger partial charge in [0.15, 0.2) is 5.78 Å². The van der Waals surface area contributed by atoms with Crippen LogP contribution in [0.5, 0.6) is 0 Å². The van der Waals surface area contributed by atoms with Gasteiger partial charge in [-0.05, 0) is 25.7 Å². The van der Waals surface area contributed by atoms with E-state index in [0.717, 1.165) is 37.0 Å². The molecule has 2 nitrogen and oxygen atoms in total. The Hall–Kier alpha value is -0.790. The number of Topliss-reactive ketones (excluding diaryl/α,β-unsaturated/α-hetero) is 1. The van der Waals surface area contributed by atoms with E-state index in [0.29, 0.717) is 17.8 Å². The van der Waals surface area contributed by atoms with Crippen molar-refractivity contribution in [1.29, 1.82) is 0 Å². The predicted octanol–water partition coefficient (Wildman–Crippen LogP) is 2.58. The van der Waals surface area contributed by atoms with Crippen molar-refractivity contribution in [3.05, 3.63) is 11.3 Å². The molecule has 2 heteroatoms. The lowest BCUT2D eigenvalue weighted by molar-refractivity contribution is -0.116. The van der Waals surface area contributed by atoms with Crippen molar-refractivity contribution in [1.82, 2.24) is 0 Å². The van der Waals surface area contributed by atoms with E-state index in [2.05, 4.69) is 0 Å². The van der Waals surface area contributed by atoms with Crippen molar-refractivity contribution in [3.8, 4) is 0 Å². The summed E-state index contributed by atoms with van der Waals surface area (Å²) >= 11 is 0. The van der Waals surface area contributed by atoms with Crippen LogP contribution in [0, 0.1) is 5.92 Å². The average molecular weight is 192 g/mol. The SMILES string of the molecule is O=C1CCCC2=C1C1CCCCC1O2. The normalized spacial score (nSPS) is 36.4. The molecule has 2 atom stereocenters. The number of allylic oxidation sites excluding steroid dienone is 1. The van der Waals surface area contributed by atoms with Crippen LogP contribution in [0.25, 0.3) is 0 Å². The molecule has 3 aliphatic rings. The standard InChI is InChI=1S/C12H16O2/c13-9-5-3-7-11-12(9)8-4-1-2-6-10(8)14-11/h8,10H,1-7H2. The van der Waals surface area contributed by atoms with Crippen molar-refractivity contribution in [3.63, 3.8) is 0 Å². The summed E-state index contributed by atoms with van der Waals surface area (Å²) in [5, 5.41) is 0. The Kier molecular flexibility index (Phi) is 1.89. The zero-order valence-corrected chi connectivity index (χ0v) is 8.42. The topological polar surface area (TPSA) is 26.3 Å². The highest BCUT2D eigenvalue weighted by molar-refractivity contribution is 5.97.